The van der Waals surface area contributed by atoms with Gasteiger partial charge in [0.15, 0.2) is 0 Å². The van der Waals surface area contributed by atoms with E-state index in [0.717, 1.165) is 27.4 Å². The molecule has 0 spiro atoms. The van der Waals surface area contributed by atoms with Crippen molar-refractivity contribution in [1.82, 2.24) is 5.32 Å². The predicted octanol–water partition coefficient (Wildman–Crippen LogP) is 2.91. The summed E-state index contributed by atoms with van der Waals surface area (Å²) >= 11 is 0. The topological polar surface area (TPSA) is 75.7 Å². The van der Waals surface area contributed by atoms with E-state index in [1.807, 2.05) is 57.2 Å². The molecule has 2 rings (SSSR count). The Bertz CT molecular complexity index is 895. The normalized spacial score (nSPS) is 12.3. The van der Waals surface area contributed by atoms with Crippen LogP contribution < -0.4 is 14.4 Å². The molecule has 0 bridgehead atoms. The average Bonchev–Trinajstić information content (AvgIpc) is 2.65. The second-order valence-electron chi connectivity index (χ2n) is 6.84. The Kier molecular flexibility index (Phi) is 7.45. The van der Waals surface area contributed by atoms with Gasteiger partial charge >= 0.3 is 0 Å². The highest BCUT2D eigenvalue weighted by Gasteiger charge is 2.23. The van der Waals surface area contributed by atoms with Crippen molar-refractivity contribution in [3.8, 4) is 5.75 Å². The van der Waals surface area contributed by atoms with E-state index in [4.69, 9.17) is 4.74 Å². The molecule has 1 N–H and O–H groups in total. The number of ether oxygens (including phenoxy) is 1. The van der Waals surface area contributed by atoms with Gasteiger partial charge in [0.25, 0.3) is 0 Å². The molecule has 0 saturated heterocycles. The van der Waals surface area contributed by atoms with Crippen molar-refractivity contribution in [3.63, 3.8) is 0 Å². The summed E-state index contributed by atoms with van der Waals surface area (Å²) in [6, 6.07) is 14.6. The monoisotopic (exact) mass is 404 g/mol. The minimum atomic E-state index is -3.60. The van der Waals surface area contributed by atoms with Crippen molar-refractivity contribution in [2.24, 2.45) is 0 Å². The number of rotatable bonds is 9. The van der Waals surface area contributed by atoms with Crippen LogP contribution in [0.1, 0.15) is 25.0 Å². The fourth-order valence-electron chi connectivity index (χ4n) is 2.78. The summed E-state index contributed by atoms with van der Waals surface area (Å²) in [5.74, 6) is 0.345. The third kappa shape index (κ3) is 6.27. The van der Waals surface area contributed by atoms with Gasteiger partial charge in [-0.2, -0.15) is 0 Å². The first-order valence-corrected chi connectivity index (χ1v) is 11.1. The number of sulfonamides is 1. The molecule has 2 aromatic rings. The third-order valence-corrected chi connectivity index (χ3v) is 5.38. The van der Waals surface area contributed by atoms with Crippen molar-refractivity contribution < 1.29 is 17.9 Å². The second kappa shape index (κ2) is 9.59. The number of anilines is 1. The molecule has 1 amide bonds. The van der Waals surface area contributed by atoms with Gasteiger partial charge in [0.1, 0.15) is 18.9 Å². The number of benzene rings is 2. The molecule has 0 fully saturated rings. The minimum absolute atomic E-state index is 0.267. The maximum absolute atomic E-state index is 12.5. The predicted molar refractivity (Wildman–Crippen MR) is 112 cm³/mol. The number of aryl methyl sites for hydroxylation is 2. The second-order valence-corrected chi connectivity index (χ2v) is 8.75. The molecule has 0 aromatic heterocycles. The van der Waals surface area contributed by atoms with Crippen LogP contribution in [-0.4, -0.2) is 39.8 Å². The number of hydrogen-bond acceptors (Lipinski definition) is 4. The Hall–Kier alpha value is -2.54. The summed E-state index contributed by atoms with van der Waals surface area (Å²) in [5, 5.41) is 2.80. The fraction of sp³-hybridized carbons (Fsp3) is 0.381. The number of amides is 1. The highest BCUT2D eigenvalue weighted by atomic mass is 32.2. The summed E-state index contributed by atoms with van der Waals surface area (Å²) < 4.78 is 31.4. The maximum Gasteiger partial charge on any atom is 0.241 e. The van der Waals surface area contributed by atoms with Crippen LogP contribution in [0.25, 0.3) is 0 Å². The first kappa shape index (κ1) is 21.8. The van der Waals surface area contributed by atoms with Crippen molar-refractivity contribution in [1.29, 1.82) is 0 Å². The summed E-state index contributed by atoms with van der Waals surface area (Å²) in [7, 11) is -3.60. The highest BCUT2D eigenvalue weighted by molar-refractivity contribution is 7.92. The summed E-state index contributed by atoms with van der Waals surface area (Å²) in [6.07, 6.45) is 1.78. The van der Waals surface area contributed by atoms with Crippen LogP contribution in [0.2, 0.25) is 0 Å². The van der Waals surface area contributed by atoms with Gasteiger partial charge in [0, 0.05) is 0 Å². The van der Waals surface area contributed by atoms with Crippen LogP contribution in [0.5, 0.6) is 5.75 Å². The average molecular weight is 405 g/mol. The molecule has 6 nitrogen and oxygen atoms in total. The van der Waals surface area contributed by atoms with Gasteiger partial charge in [0.05, 0.1) is 18.0 Å². The number of nitrogens with one attached hydrogen (secondary N) is 1. The van der Waals surface area contributed by atoms with Crippen LogP contribution in [0, 0.1) is 6.92 Å². The lowest BCUT2D eigenvalue weighted by atomic mass is 10.1. The maximum atomic E-state index is 12.5. The van der Waals surface area contributed by atoms with Crippen molar-refractivity contribution in [2.75, 3.05) is 23.7 Å². The quantitative estimate of drug-likeness (QED) is 0.697. The Labute approximate surface area is 167 Å². The number of carbonyl (C=O) groups is 1. The molecule has 0 radical (unpaired) electrons. The van der Waals surface area contributed by atoms with E-state index in [0.29, 0.717) is 18.7 Å². The Morgan fingerprint density at radius 2 is 1.79 bits per heavy atom. The molecule has 7 heteroatoms. The van der Waals surface area contributed by atoms with Gasteiger partial charge in [0.2, 0.25) is 15.9 Å². The lowest BCUT2D eigenvalue weighted by molar-refractivity contribution is -0.120. The first-order valence-electron chi connectivity index (χ1n) is 9.25. The van der Waals surface area contributed by atoms with Crippen LogP contribution in [0.3, 0.4) is 0 Å². The summed E-state index contributed by atoms with van der Waals surface area (Å²) in [6.45, 7) is 5.78. The number of nitrogens with zero attached hydrogens (tertiary/aromatic N) is 1. The van der Waals surface area contributed by atoms with E-state index in [1.54, 1.807) is 12.1 Å². The largest absolute Gasteiger partial charge is 0.491 e. The van der Waals surface area contributed by atoms with Gasteiger partial charge in [-0.3, -0.25) is 9.10 Å². The van der Waals surface area contributed by atoms with Crippen molar-refractivity contribution in [3.05, 3.63) is 59.7 Å². The fourth-order valence-corrected chi connectivity index (χ4v) is 3.67. The van der Waals surface area contributed by atoms with E-state index < -0.39 is 10.0 Å². The number of hydrogen-bond donors (Lipinski definition) is 1. The van der Waals surface area contributed by atoms with E-state index >= 15 is 0 Å². The molecule has 0 aliphatic rings. The summed E-state index contributed by atoms with van der Waals surface area (Å²) in [4.78, 5) is 12.5. The van der Waals surface area contributed by atoms with Gasteiger partial charge in [-0.25, -0.2) is 8.42 Å². The Balaban J connectivity index is 2.00. The lowest BCUT2D eigenvalue weighted by Gasteiger charge is -2.25. The molecule has 2 aromatic carbocycles. The molecule has 0 unspecified atom stereocenters. The smallest absolute Gasteiger partial charge is 0.241 e. The standard InChI is InChI=1S/C21H28N2O4S/c1-5-18-8-6-7-9-20(18)23(28(4,25)26)14-21(24)22-17(3)15-27-19-12-10-16(2)11-13-19/h6-13,17H,5,14-15H2,1-4H3,(H,22,24)/t17-/m1/s1. The molecule has 1 atom stereocenters. The zero-order valence-corrected chi connectivity index (χ0v) is 17.6. The molecule has 28 heavy (non-hydrogen) atoms. The summed E-state index contributed by atoms with van der Waals surface area (Å²) in [5.41, 5.74) is 2.55. The van der Waals surface area contributed by atoms with Crippen LogP contribution in [0.4, 0.5) is 5.69 Å². The lowest BCUT2D eigenvalue weighted by Crippen LogP contribution is -2.45. The van der Waals surface area contributed by atoms with Crippen molar-refractivity contribution in [2.45, 2.75) is 33.2 Å². The third-order valence-electron chi connectivity index (χ3n) is 4.26. The first-order chi connectivity index (χ1) is 13.2. The van der Waals surface area contributed by atoms with E-state index in [9.17, 15) is 13.2 Å². The van der Waals surface area contributed by atoms with Gasteiger partial charge in [-0.05, 0) is 44.0 Å². The molecule has 0 heterocycles. The molecular weight excluding hydrogens is 376 g/mol. The molecule has 152 valence electrons. The van der Waals surface area contributed by atoms with E-state index in [-0.39, 0.29) is 18.5 Å². The highest BCUT2D eigenvalue weighted by Crippen LogP contribution is 2.23. The zero-order valence-electron chi connectivity index (χ0n) is 16.8. The molecule has 0 saturated carbocycles. The Morgan fingerprint density at radius 1 is 1.14 bits per heavy atom. The minimum Gasteiger partial charge on any atom is -0.491 e. The van der Waals surface area contributed by atoms with Gasteiger partial charge in [-0.15, -0.1) is 0 Å². The number of carbonyl (C=O) groups excluding carboxylic acids is 1. The van der Waals surface area contributed by atoms with Crippen LogP contribution >= 0.6 is 0 Å². The van der Waals surface area contributed by atoms with Gasteiger partial charge in [-0.1, -0.05) is 42.8 Å². The van der Waals surface area contributed by atoms with Gasteiger partial charge < -0.3 is 10.1 Å². The molecule has 0 aliphatic heterocycles. The SMILES string of the molecule is CCc1ccccc1N(CC(=O)N[C@H](C)COc1ccc(C)cc1)S(C)(=O)=O. The Morgan fingerprint density at radius 3 is 2.39 bits per heavy atom. The number of para-hydroxylation sites is 1. The van der Waals surface area contributed by atoms with E-state index in [2.05, 4.69) is 5.32 Å². The van der Waals surface area contributed by atoms with Crippen LogP contribution in [-0.2, 0) is 21.2 Å². The van der Waals surface area contributed by atoms with E-state index in [1.165, 1.54) is 0 Å². The molecular formula is C21H28N2O4S. The van der Waals surface area contributed by atoms with Crippen molar-refractivity contribution >= 4 is 21.6 Å². The molecule has 0 aliphatic carbocycles. The van der Waals surface area contributed by atoms with Crippen LogP contribution in [0.15, 0.2) is 48.5 Å². The zero-order chi connectivity index (χ0) is 20.7.